The van der Waals surface area contributed by atoms with Crippen LogP contribution in [0.25, 0.3) is 0 Å². The smallest absolute Gasteiger partial charge is 0.0751 e. The molecule has 0 saturated heterocycles. The minimum atomic E-state index is 0.171. The summed E-state index contributed by atoms with van der Waals surface area (Å²) in [5, 5.41) is 0. The fourth-order valence-electron chi connectivity index (χ4n) is 1.54. The molecule has 0 saturated carbocycles. The first-order valence-electron chi connectivity index (χ1n) is 5.41. The highest BCUT2D eigenvalue weighted by molar-refractivity contribution is 4.80. The van der Waals surface area contributed by atoms with Crippen LogP contribution in [0.1, 0.15) is 41.0 Å². The molecule has 2 nitrogen and oxygen atoms in total. The van der Waals surface area contributed by atoms with Crippen LogP contribution in [-0.2, 0) is 4.74 Å². The van der Waals surface area contributed by atoms with Crippen LogP contribution in [0, 0.1) is 11.8 Å². The average Bonchev–Trinajstić information content (AvgIpc) is 2.11. The van der Waals surface area contributed by atoms with Crippen molar-refractivity contribution in [2.24, 2.45) is 17.6 Å². The van der Waals surface area contributed by atoms with E-state index in [1.165, 1.54) is 0 Å². The van der Waals surface area contributed by atoms with Gasteiger partial charge in [-0.25, -0.2) is 0 Å². The molecule has 0 fully saturated rings. The lowest BCUT2D eigenvalue weighted by atomic mass is 9.89. The summed E-state index contributed by atoms with van der Waals surface area (Å²) in [6, 6.07) is 0.171. The molecule has 0 spiro atoms. The van der Waals surface area contributed by atoms with Crippen molar-refractivity contribution < 1.29 is 4.74 Å². The van der Waals surface area contributed by atoms with Gasteiger partial charge in [-0.1, -0.05) is 34.1 Å². The first kappa shape index (κ1) is 12.9. The molecule has 0 aliphatic rings. The molecule has 2 N–H and O–H groups in total. The first-order chi connectivity index (χ1) is 6.04. The molecule has 0 amide bonds. The summed E-state index contributed by atoms with van der Waals surface area (Å²) in [6.07, 6.45) is 1.33. The lowest BCUT2D eigenvalue weighted by Gasteiger charge is -2.30. The second-order valence-corrected chi connectivity index (χ2v) is 4.13. The van der Waals surface area contributed by atoms with Gasteiger partial charge in [-0.3, -0.25) is 0 Å². The Balaban J connectivity index is 4.18. The molecule has 3 unspecified atom stereocenters. The molecule has 0 aliphatic heterocycles. The van der Waals surface area contributed by atoms with Crippen molar-refractivity contribution in [3.63, 3.8) is 0 Å². The van der Waals surface area contributed by atoms with E-state index >= 15 is 0 Å². The van der Waals surface area contributed by atoms with Crippen LogP contribution < -0.4 is 5.73 Å². The van der Waals surface area contributed by atoms with Gasteiger partial charge < -0.3 is 10.5 Å². The Bertz CT molecular complexity index is 125. The lowest BCUT2D eigenvalue weighted by Crippen LogP contribution is -2.44. The van der Waals surface area contributed by atoms with Crippen molar-refractivity contribution in [2.45, 2.75) is 53.2 Å². The quantitative estimate of drug-likeness (QED) is 0.693. The minimum absolute atomic E-state index is 0.171. The van der Waals surface area contributed by atoms with Gasteiger partial charge in [-0.05, 0) is 18.8 Å². The third-order valence-corrected chi connectivity index (χ3v) is 2.70. The van der Waals surface area contributed by atoms with Crippen molar-refractivity contribution >= 4 is 0 Å². The Morgan fingerprint density at radius 3 is 2.00 bits per heavy atom. The predicted molar refractivity (Wildman–Crippen MR) is 57.7 cm³/mol. The van der Waals surface area contributed by atoms with E-state index in [1.54, 1.807) is 0 Å². The largest absolute Gasteiger partial charge is 0.377 e. The highest BCUT2D eigenvalue weighted by Crippen LogP contribution is 2.17. The van der Waals surface area contributed by atoms with Crippen LogP contribution in [0.3, 0.4) is 0 Å². The lowest BCUT2D eigenvalue weighted by molar-refractivity contribution is 0.000337. The van der Waals surface area contributed by atoms with Crippen molar-refractivity contribution in [3.05, 3.63) is 0 Å². The monoisotopic (exact) mass is 187 g/mol. The van der Waals surface area contributed by atoms with Gasteiger partial charge in [0, 0.05) is 12.6 Å². The van der Waals surface area contributed by atoms with E-state index in [0.717, 1.165) is 13.0 Å². The third-order valence-electron chi connectivity index (χ3n) is 2.70. The molecule has 80 valence electrons. The molecule has 0 aromatic rings. The standard InChI is InChI=1S/C11H25NO/c1-6-9(5)10(12)11(8(3)4)13-7-2/h8-11H,6-7,12H2,1-5H3. The average molecular weight is 187 g/mol. The third kappa shape index (κ3) is 4.10. The SMILES string of the molecule is CCOC(C(C)C)C(N)C(C)CC. The van der Waals surface area contributed by atoms with E-state index in [4.69, 9.17) is 10.5 Å². The van der Waals surface area contributed by atoms with Gasteiger partial charge in [0.05, 0.1) is 6.10 Å². The molecule has 0 aliphatic carbocycles. The Morgan fingerprint density at radius 1 is 1.15 bits per heavy atom. The van der Waals surface area contributed by atoms with Gasteiger partial charge in [0.1, 0.15) is 0 Å². The van der Waals surface area contributed by atoms with Crippen LogP contribution in [0.5, 0.6) is 0 Å². The fourth-order valence-corrected chi connectivity index (χ4v) is 1.54. The van der Waals surface area contributed by atoms with Crippen molar-refractivity contribution in [1.29, 1.82) is 0 Å². The predicted octanol–water partition coefficient (Wildman–Crippen LogP) is 2.42. The van der Waals surface area contributed by atoms with Crippen LogP contribution >= 0.6 is 0 Å². The molecular formula is C11H25NO. The molecule has 0 bridgehead atoms. The van der Waals surface area contributed by atoms with Crippen molar-refractivity contribution in [3.8, 4) is 0 Å². The first-order valence-corrected chi connectivity index (χ1v) is 5.41. The van der Waals surface area contributed by atoms with Gasteiger partial charge in [-0.2, -0.15) is 0 Å². The van der Waals surface area contributed by atoms with Crippen LogP contribution in [0.4, 0.5) is 0 Å². The zero-order valence-corrected chi connectivity index (χ0v) is 9.71. The number of hydrogen-bond donors (Lipinski definition) is 1. The van der Waals surface area contributed by atoms with Gasteiger partial charge in [0.25, 0.3) is 0 Å². The molecule has 13 heavy (non-hydrogen) atoms. The summed E-state index contributed by atoms with van der Waals surface area (Å²) in [5.41, 5.74) is 6.13. The van der Waals surface area contributed by atoms with Crippen LogP contribution in [0.2, 0.25) is 0 Å². The number of ether oxygens (including phenoxy) is 1. The molecule has 0 heterocycles. The molecule has 0 radical (unpaired) electrons. The van der Waals surface area contributed by atoms with Gasteiger partial charge >= 0.3 is 0 Å². The second kappa shape index (κ2) is 6.39. The summed E-state index contributed by atoms with van der Waals surface area (Å²) < 4.78 is 5.66. The van der Waals surface area contributed by atoms with Crippen LogP contribution in [0.15, 0.2) is 0 Å². The van der Waals surface area contributed by atoms with E-state index in [0.29, 0.717) is 11.8 Å². The second-order valence-electron chi connectivity index (χ2n) is 4.13. The molecule has 0 aromatic carbocycles. The summed E-state index contributed by atoms with van der Waals surface area (Å²) in [4.78, 5) is 0. The highest BCUT2D eigenvalue weighted by atomic mass is 16.5. The van der Waals surface area contributed by atoms with Gasteiger partial charge in [0.2, 0.25) is 0 Å². The van der Waals surface area contributed by atoms with E-state index in [1.807, 2.05) is 6.92 Å². The van der Waals surface area contributed by atoms with E-state index in [2.05, 4.69) is 27.7 Å². The molecule has 3 atom stereocenters. The summed E-state index contributed by atoms with van der Waals surface area (Å²) in [5.74, 6) is 1.04. The zero-order chi connectivity index (χ0) is 10.4. The Hall–Kier alpha value is -0.0800. The Kier molecular flexibility index (Phi) is 6.35. The molecular weight excluding hydrogens is 162 g/mol. The summed E-state index contributed by atoms with van der Waals surface area (Å²) in [7, 11) is 0. The minimum Gasteiger partial charge on any atom is -0.377 e. The maximum Gasteiger partial charge on any atom is 0.0751 e. The molecule has 2 heteroatoms. The van der Waals surface area contributed by atoms with Crippen LogP contribution in [-0.4, -0.2) is 18.8 Å². The van der Waals surface area contributed by atoms with Gasteiger partial charge in [0.15, 0.2) is 0 Å². The zero-order valence-electron chi connectivity index (χ0n) is 9.71. The van der Waals surface area contributed by atoms with Crippen molar-refractivity contribution in [1.82, 2.24) is 0 Å². The Labute approximate surface area is 82.8 Å². The topological polar surface area (TPSA) is 35.2 Å². The summed E-state index contributed by atoms with van der Waals surface area (Å²) in [6.45, 7) is 11.5. The number of rotatable bonds is 6. The van der Waals surface area contributed by atoms with E-state index in [-0.39, 0.29) is 12.1 Å². The number of nitrogens with two attached hydrogens (primary N) is 1. The highest BCUT2D eigenvalue weighted by Gasteiger charge is 2.25. The van der Waals surface area contributed by atoms with E-state index < -0.39 is 0 Å². The molecule has 0 aromatic heterocycles. The normalized spacial score (nSPS) is 18.7. The number of hydrogen-bond acceptors (Lipinski definition) is 2. The fraction of sp³-hybridized carbons (Fsp3) is 1.00. The molecule has 0 rings (SSSR count). The van der Waals surface area contributed by atoms with Crippen molar-refractivity contribution in [2.75, 3.05) is 6.61 Å². The maximum atomic E-state index is 6.13. The summed E-state index contributed by atoms with van der Waals surface area (Å²) >= 11 is 0. The van der Waals surface area contributed by atoms with Gasteiger partial charge in [-0.15, -0.1) is 0 Å². The Morgan fingerprint density at radius 2 is 1.69 bits per heavy atom. The maximum absolute atomic E-state index is 6.13. The van der Waals surface area contributed by atoms with E-state index in [9.17, 15) is 0 Å².